The molecule has 0 aliphatic rings. The summed E-state index contributed by atoms with van der Waals surface area (Å²) in [7, 11) is 0. The van der Waals surface area contributed by atoms with Crippen molar-refractivity contribution in [2.45, 2.75) is 32.0 Å². The second-order valence-electron chi connectivity index (χ2n) is 3.78. The molecule has 0 saturated heterocycles. The van der Waals surface area contributed by atoms with E-state index < -0.39 is 12.2 Å². The zero-order chi connectivity index (χ0) is 12.8. The first-order valence-corrected chi connectivity index (χ1v) is 5.46. The topological polar surface area (TPSA) is 81.3 Å². The molecule has 0 radical (unpaired) electrons. The van der Waals surface area contributed by atoms with Crippen LogP contribution in [0.1, 0.15) is 41.8 Å². The molecule has 0 aliphatic carbocycles. The molecule has 17 heavy (non-hydrogen) atoms. The number of benzene rings is 1. The number of carbonyl (C=O) groups is 1. The van der Waals surface area contributed by atoms with E-state index in [4.69, 9.17) is 5.26 Å². The first kappa shape index (κ1) is 13.4. The summed E-state index contributed by atoms with van der Waals surface area (Å²) in [6.07, 6.45) is -2.03. The highest BCUT2D eigenvalue weighted by Crippen LogP contribution is 2.20. The van der Waals surface area contributed by atoms with Gasteiger partial charge in [0.2, 0.25) is 0 Å². The number of Topliss-reactive ketones (excluding diaryl/α,β-unsaturated/α-hetero) is 1. The lowest BCUT2D eigenvalue weighted by Crippen LogP contribution is -2.17. The highest BCUT2D eigenvalue weighted by molar-refractivity contribution is 5.95. The van der Waals surface area contributed by atoms with E-state index in [1.54, 1.807) is 37.3 Å². The molecular formula is C13H15NO3. The van der Waals surface area contributed by atoms with Crippen LogP contribution < -0.4 is 0 Å². The van der Waals surface area contributed by atoms with Gasteiger partial charge < -0.3 is 10.2 Å². The van der Waals surface area contributed by atoms with E-state index in [0.29, 0.717) is 17.5 Å². The van der Waals surface area contributed by atoms with Crippen LogP contribution in [-0.4, -0.2) is 22.1 Å². The van der Waals surface area contributed by atoms with Crippen LogP contribution in [0.15, 0.2) is 24.3 Å². The first-order valence-electron chi connectivity index (χ1n) is 5.46. The van der Waals surface area contributed by atoms with Gasteiger partial charge in [-0.2, -0.15) is 5.26 Å². The Hall–Kier alpha value is -1.70. The molecule has 0 fully saturated rings. The van der Waals surface area contributed by atoms with Gasteiger partial charge in [0.25, 0.3) is 0 Å². The maximum Gasteiger partial charge on any atom is 0.162 e. The number of ketones is 1. The normalized spacial score (nSPS) is 13.8. The number of aliphatic hydroxyl groups is 2. The van der Waals surface area contributed by atoms with Crippen LogP contribution in [-0.2, 0) is 0 Å². The molecule has 1 aromatic carbocycles. The van der Waals surface area contributed by atoms with Crippen molar-refractivity contribution in [2.75, 3.05) is 0 Å². The van der Waals surface area contributed by atoms with E-state index in [1.165, 1.54) is 0 Å². The number of aliphatic hydroxyl groups excluding tert-OH is 2. The Morgan fingerprint density at radius 3 is 2.76 bits per heavy atom. The smallest absolute Gasteiger partial charge is 0.162 e. The summed E-state index contributed by atoms with van der Waals surface area (Å²) in [5, 5.41) is 27.7. The Labute approximate surface area is 100 Å². The van der Waals surface area contributed by atoms with Crippen molar-refractivity contribution in [1.82, 2.24) is 0 Å². The van der Waals surface area contributed by atoms with E-state index in [2.05, 4.69) is 0 Å². The molecule has 2 N–H and O–H groups in total. The Morgan fingerprint density at radius 1 is 1.47 bits per heavy atom. The molecule has 4 nitrogen and oxygen atoms in total. The van der Waals surface area contributed by atoms with E-state index in [1.807, 2.05) is 0 Å². The van der Waals surface area contributed by atoms with Gasteiger partial charge in [-0.3, -0.25) is 4.79 Å². The standard InChI is InChI=1S/C13H15NO3/c1-2-11(15)9-4-3-5-10(8-9)13(17)12(16)6-7-14/h3-5,8,12-13,16-17H,2,6H2,1H3. The molecule has 2 unspecified atom stereocenters. The molecule has 4 heteroatoms. The van der Waals surface area contributed by atoms with Crippen LogP contribution in [0.25, 0.3) is 0 Å². The van der Waals surface area contributed by atoms with Crippen molar-refractivity contribution in [1.29, 1.82) is 5.26 Å². The average Bonchev–Trinajstić information content (AvgIpc) is 2.37. The molecule has 0 aromatic heterocycles. The number of hydrogen-bond acceptors (Lipinski definition) is 4. The Morgan fingerprint density at radius 2 is 2.18 bits per heavy atom. The third-order valence-electron chi connectivity index (χ3n) is 2.54. The zero-order valence-corrected chi connectivity index (χ0v) is 9.63. The second kappa shape index (κ2) is 6.14. The van der Waals surface area contributed by atoms with Crippen LogP contribution in [0.2, 0.25) is 0 Å². The van der Waals surface area contributed by atoms with Crippen LogP contribution in [0.5, 0.6) is 0 Å². The summed E-state index contributed by atoms with van der Waals surface area (Å²) in [4.78, 5) is 11.5. The predicted molar refractivity (Wildman–Crippen MR) is 62.3 cm³/mol. The van der Waals surface area contributed by atoms with E-state index >= 15 is 0 Å². The van der Waals surface area contributed by atoms with Gasteiger partial charge in [0.1, 0.15) is 6.10 Å². The Kier molecular flexibility index (Phi) is 4.83. The minimum atomic E-state index is -1.14. The number of hydrogen-bond donors (Lipinski definition) is 2. The minimum absolute atomic E-state index is 0.0196. The third kappa shape index (κ3) is 3.38. The quantitative estimate of drug-likeness (QED) is 0.757. The van der Waals surface area contributed by atoms with Crippen molar-refractivity contribution in [3.63, 3.8) is 0 Å². The third-order valence-corrected chi connectivity index (χ3v) is 2.54. The largest absolute Gasteiger partial charge is 0.389 e. The predicted octanol–water partition coefficient (Wildman–Crippen LogP) is 1.59. The van der Waals surface area contributed by atoms with Crippen molar-refractivity contribution in [3.8, 4) is 6.07 Å². The number of rotatable bonds is 5. The molecule has 0 spiro atoms. The lowest BCUT2D eigenvalue weighted by molar-refractivity contribution is 0.0216. The molecule has 90 valence electrons. The van der Waals surface area contributed by atoms with Crippen molar-refractivity contribution >= 4 is 5.78 Å². The summed E-state index contributed by atoms with van der Waals surface area (Å²) in [5.74, 6) is -0.0196. The average molecular weight is 233 g/mol. The van der Waals surface area contributed by atoms with Gasteiger partial charge in [-0.25, -0.2) is 0 Å². The maximum atomic E-state index is 11.5. The van der Waals surface area contributed by atoms with Crippen molar-refractivity contribution in [2.24, 2.45) is 0 Å². The Bertz CT molecular complexity index is 437. The monoisotopic (exact) mass is 233 g/mol. The first-order chi connectivity index (χ1) is 8.10. The van der Waals surface area contributed by atoms with Gasteiger partial charge in [0.05, 0.1) is 18.6 Å². The lowest BCUT2D eigenvalue weighted by atomic mass is 9.98. The fourth-order valence-corrected chi connectivity index (χ4v) is 1.53. The molecule has 0 heterocycles. The van der Waals surface area contributed by atoms with Gasteiger partial charge in [-0.1, -0.05) is 25.1 Å². The number of carbonyl (C=O) groups excluding carboxylic acids is 1. The molecule has 0 saturated carbocycles. The summed E-state index contributed by atoms with van der Waals surface area (Å²) in [6, 6.07) is 8.28. The van der Waals surface area contributed by atoms with Gasteiger partial charge in [0, 0.05) is 12.0 Å². The van der Waals surface area contributed by atoms with Crippen LogP contribution >= 0.6 is 0 Å². The summed E-state index contributed by atoms with van der Waals surface area (Å²) in [6.45, 7) is 1.76. The van der Waals surface area contributed by atoms with Crippen molar-refractivity contribution in [3.05, 3.63) is 35.4 Å². The maximum absolute atomic E-state index is 11.5. The molecular weight excluding hydrogens is 218 g/mol. The Balaban J connectivity index is 2.92. The minimum Gasteiger partial charge on any atom is -0.389 e. The molecule has 1 aromatic rings. The fourth-order valence-electron chi connectivity index (χ4n) is 1.53. The highest BCUT2D eigenvalue weighted by atomic mass is 16.3. The van der Waals surface area contributed by atoms with Crippen LogP contribution in [0.3, 0.4) is 0 Å². The fraction of sp³-hybridized carbons (Fsp3) is 0.385. The summed E-state index contributed by atoms with van der Waals surface area (Å²) < 4.78 is 0. The SMILES string of the molecule is CCC(=O)c1cccc(C(O)C(O)CC#N)c1. The molecule has 0 amide bonds. The van der Waals surface area contributed by atoms with Gasteiger partial charge in [-0.15, -0.1) is 0 Å². The lowest BCUT2D eigenvalue weighted by Gasteiger charge is -2.16. The zero-order valence-electron chi connectivity index (χ0n) is 9.63. The molecule has 0 bridgehead atoms. The molecule has 2 atom stereocenters. The molecule has 1 rings (SSSR count). The number of nitrogens with zero attached hydrogens (tertiary/aromatic N) is 1. The summed E-state index contributed by atoms with van der Waals surface area (Å²) in [5.41, 5.74) is 0.959. The molecule has 0 aliphatic heterocycles. The van der Waals surface area contributed by atoms with E-state index in [0.717, 1.165) is 0 Å². The second-order valence-corrected chi connectivity index (χ2v) is 3.78. The van der Waals surface area contributed by atoms with Crippen LogP contribution in [0, 0.1) is 11.3 Å². The van der Waals surface area contributed by atoms with Crippen molar-refractivity contribution < 1.29 is 15.0 Å². The van der Waals surface area contributed by atoms with Gasteiger partial charge in [-0.05, 0) is 11.6 Å². The number of nitriles is 1. The van der Waals surface area contributed by atoms with Gasteiger partial charge in [0.15, 0.2) is 5.78 Å². The van der Waals surface area contributed by atoms with E-state index in [-0.39, 0.29) is 12.2 Å². The van der Waals surface area contributed by atoms with Crippen LogP contribution in [0.4, 0.5) is 0 Å². The van der Waals surface area contributed by atoms with Gasteiger partial charge >= 0.3 is 0 Å². The summed E-state index contributed by atoms with van der Waals surface area (Å²) >= 11 is 0. The highest BCUT2D eigenvalue weighted by Gasteiger charge is 2.18. The van der Waals surface area contributed by atoms with E-state index in [9.17, 15) is 15.0 Å².